The zero-order valence-electron chi connectivity index (χ0n) is 12.0. The van der Waals surface area contributed by atoms with Gasteiger partial charge in [0.2, 0.25) is 0 Å². The van der Waals surface area contributed by atoms with Gasteiger partial charge < -0.3 is 5.32 Å². The van der Waals surface area contributed by atoms with E-state index in [1.54, 1.807) is 6.33 Å². The molecule has 0 fully saturated rings. The van der Waals surface area contributed by atoms with Crippen LogP contribution >= 0.6 is 11.3 Å². The summed E-state index contributed by atoms with van der Waals surface area (Å²) in [4.78, 5) is 11.3. The fourth-order valence-electron chi connectivity index (χ4n) is 2.25. The minimum atomic E-state index is 0.273. The lowest BCUT2D eigenvalue weighted by Gasteiger charge is -2.14. The number of thiophene rings is 1. The summed E-state index contributed by atoms with van der Waals surface area (Å²) < 4.78 is 0. The summed E-state index contributed by atoms with van der Waals surface area (Å²) in [6.45, 7) is 8.66. The minimum absolute atomic E-state index is 0.273. The molecule has 0 saturated heterocycles. The Morgan fingerprint density at radius 3 is 2.68 bits per heavy atom. The first-order valence-corrected chi connectivity index (χ1v) is 7.56. The van der Waals surface area contributed by atoms with Gasteiger partial charge in [-0.05, 0) is 38.8 Å². The number of anilines is 1. The second-order valence-corrected chi connectivity index (χ2v) is 6.34. The lowest BCUT2D eigenvalue weighted by atomic mass is 10.1. The van der Waals surface area contributed by atoms with E-state index in [0.29, 0.717) is 0 Å². The summed E-state index contributed by atoms with van der Waals surface area (Å²) in [5.41, 5.74) is 2.46. The summed E-state index contributed by atoms with van der Waals surface area (Å²) >= 11 is 1.85. The maximum Gasteiger partial charge on any atom is 0.130 e. The van der Waals surface area contributed by atoms with E-state index in [4.69, 9.17) is 0 Å². The van der Waals surface area contributed by atoms with Gasteiger partial charge in [-0.3, -0.25) is 0 Å². The van der Waals surface area contributed by atoms with E-state index >= 15 is 0 Å². The SMILES string of the molecule is CCCc1cc(NC(C)c2cc(C)sc2C)ncn1. The van der Waals surface area contributed by atoms with E-state index in [1.807, 2.05) is 11.3 Å². The Kier molecular flexibility index (Phi) is 4.53. The molecule has 3 nitrogen and oxygen atoms in total. The van der Waals surface area contributed by atoms with Crippen LogP contribution in [0.3, 0.4) is 0 Å². The average Bonchev–Trinajstić information content (AvgIpc) is 2.69. The molecule has 0 aliphatic heterocycles. The van der Waals surface area contributed by atoms with E-state index in [1.165, 1.54) is 15.3 Å². The molecule has 0 aliphatic rings. The Morgan fingerprint density at radius 2 is 2.05 bits per heavy atom. The molecule has 4 heteroatoms. The van der Waals surface area contributed by atoms with E-state index in [2.05, 4.69) is 55.1 Å². The van der Waals surface area contributed by atoms with Crippen molar-refractivity contribution in [2.75, 3.05) is 5.32 Å². The van der Waals surface area contributed by atoms with Crippen molar-refractivity contribution in [3.8, 4) is 0 Å². The number of nitrogens with one attached hydrogen (secondary N) is 1. The summed E-state index contributed by atoms with van der Waals surface area (Å²) in [5.74, 6) is 0.911. The van der Waals surface area contributed by atoms with Gasteiger partial charge in [-0.2, -0.15) is 0 Å². The summed E-state index contributed by atoms with van der Waals surface area (Å²) in [6, 6.07) is 4.58. The van der Waals surface area contributed by atoms with Gasteiger partial charge in [0.15, 0.2) is 0 Å². The van der Waals surface area contributed by atoms with Crippen LogP contribution in [-0.2, 0) is 6.42 Å². The Hall–Kier alpha value is -1.42. The third-order valence-electron chi connectivity index (χ3n) is 3.14. The molecular weight excluding hydrogens is 254 g/mol. The van der Waals surface area contributed by atoms with Gasteiger partial charge in [-0.15, -0.1) is 11.3 Å². The molecule has 0 aromatic carbocycles. The van der Waals surface area contributed by atoms with E-state index < -0.39 is 0 Å². The highest BCUT2D eigenvalue weighted by molar-refractivity contribution is 7.12. The van der Waals surface area contributed by atoms with Crippen LogP contribution < -0.4 is 5.32 Å². The predicted octanol–water partition coefficient (Wildman–Crippen LogP) is 4.28. The fraction of sp³-hybridized carbons (Fsp3) is 0.467. The molecule has 19 heavy (non-hydrogen) atoms. The number of nitrogens with zero attached hydrogens (tertiary/aromatic N) is 2. The van der Waals surface area contributed by atoms with Crippen molar-refractivity contribution in [3.63, 3.8) is 0 Å². The van der Waals surface area contributed by atoms with Crippen molar-refractivity contribution in [3.05, 3.63) is 39.5 Å². The predicted molar refractivity (Wildman–Crippen MR) is 81.9 cm³/mol. The Labute approximate surface area is 119 Å². The molecule has 1 unspecified atom stereocenters. The highest BCUT2D eigenvalue weighted by atomic mass is 32.1. The molecule has 0 radical (unpaired) electrons. The van der Waals surface area contributed by atoms with Crippen molar-refractivity contribution >= 4 is 17.2 Å². The number of aromatic nitrogens is 2. The third kappa shape index (κ3) is 3.53. The quantitative estimate of drug-likeness (QED) is 0.885. The van der Waals surface area contributed by atoms with Crippen molar-refractivity contribution in [2.24, 2.45) is 0 Å². The largest absolute Gasteiger partial charge is 0.363 e. The third-order valence-corrected chi connectivity index (χ3v) is 4.12. The van der Waals surface area contributed by atoms with Crippen LogP contribution in [0.15, 0.2) is 18.5 Å². The molecule has 0 amide bonds. The number of hydrogen-bond donors (Lipinski definition) is 1. The highest BCUT2D eigenvalue weighted by Gasteiger charge is 2.11. The van der Waals surface area contributed by atoms with Crippen LogP contribution in [0.4, 0.5) is 5.82 Å². The van der Waals surface area contributed by atoms with Gasteiger partial charge in [0.25, 0.3) is 0 Å². The van der Waals surface area contributed by atoms with Crippen molar-refractivity contribution in [2.45, 2.75) is 46.6 Å². The molecule has 0 bridgehead atoms. The molecule has 102 valence electrons. The maximum absolute atomic E-state index is 4.30. The molecule has 2 heterocycles. The van der Waals surface area contributed by atoms with Gasteiger partial charge in [0.1, 0.15) is 12.1 Å². The smallest absolute Gasteiger partial charge is 0.130 e. The average molecular weight is 275 g/mol. The van der Waals surface area contributed by atoms with Gasteiger partial charge in [0, 0.05) is 21.5 Å². The molecule has 1 N–H and O–H groups in total. The Balaban J connectivity index is 2.12. The van der Waals surface area contributed by atoms with Crippen LogP contribution in [0, 0.1) is 13.8 Å². The second-order valence-electron chi connectivity index (χ2n) is 4.88. The second kappa shape index (κ2) is 6.15. The van der Waals surface area contributed by atoms with Gasteiger partial charge in [0.05, 0.1) is 6.04 Å². The first-order valence-electron chi connectivity index (χ1n) is 6.74. The first-order chi connectivity index (χ1) is 9.10. The molecule has 2 rings (SSSR count). The maximum atomic E-state index is 4.30. The summed E-state index contributed by atoms with van der Waals surface area (Å²) in [5, 5.41) is 3.47. The molecule has 1 atom stereocenters. The number of hydrogen-bond acceptors (Lipinski definition) is 4. The highest BCUT2D eigenvalue weighted by Crippen LogP contribution is 2.28. The van der Waals surface area contributed by atoms with E-state index in [-0.39, 0.29) is 6.04 Å². The topological polar surface area (TPSA) is 37.8 Å². The molecule has 0 saturated carbocycles. The van der Waals surface area contributed by atoms with Gasteiger partial charge in [-0.25, -0.2) is 9.97 Å². The van der Waals surface area contributed by atoms with Crippen LogP contribution in [-0.4, -0.2) is 9.97 Å². The molecule has 2 aromatic heterocycles. The molecule has 2 aromatic rings. The zero-order valence-corrected chi connectivity index (χ0v) is 12.8. The minimum Gasteiger partial charge on any atom is -0.363 e. The summed E-state index contributed by atoms with van der Waals surface area (Å²) in [7, 11) is 0. The molecule has 0 aliphatic carbocycles. The lowest BCUT2D eigenvalue weighted by molar-refractivity contribution is 0.847. The molecular formula is C15H21N3S. The Morgan fingerprint density at radius 1 is 1.26 bits per heavy atom. The van der Waals surface area contributed by atoms with Crippen molar-refractivity contribution in [1.82, 2.24) is 9.97 Å². The number of aryl methyl sites for hydroxylation is 3. The summed E-state index contributed by atoms with van der Waals surface area (Å²) in [6.07, 6.45) is 3.75. The van der Waals surface area contributed by atoms with Crippen LogP contribution in [0.5, 0.6) is 0 Å². The Bertz CT molecular complexity index is 548. The van der Waals surface area contributed by atoms with Crippen LogP contribution in [0.25, 0.3) is 0 Å². The number of rotatable bonds is 5. The van der Waals surface area contributed by atoms with Crippen molar-refractivity contribution in [1.29, 1.82) is 0 Å². The van der Waals surface area contributed by atoms with Crippen LogP contribution in [0.2, 0.25) is 0 Å². The van der Waals surface area contributed by atoms with Crippen LogP contribution in [0.1, 0.15) is 47.3 Å². The zero-order chi connectivity index (χ0) is 13.8. The normalized spacial score (nSPS) is 12.4. The lowest BCUT2D eigenvalue weighted by Crippen LogP contribution is -2.08. The van der Waals surface area contributed by atoms with E-state index in [9.17, 15) is 0 Å². The monoisotopic (exact) mass is 275 g/mol. The van der Waals surface area contributed by atoms with E-state index in [0.717, 1.165) is 24.4 Å². The standard InChI is InChI=1S/C15H21N3S/c1-5-6-13-8-15(17-9-16-13)18-11(3)14-7-10(2)19-12(14)4/h7-9,11H,5-6H2,1-4H3,(H,16,17,18). The molecule has 0 spiro atoms. The first kappa shape index (κ1) is 14.0. The van der Waals surface area contributed by atoms with Gasteiger partial charge >= 0.3 is 0 Å². The van der Waals surface area contributed by atoms with Crippen molar-refractivity contribution < 1.29 is 0 Å². The fourth-order valence-corrected chi connectivity index (χ4v) is 3.27. The van der Waals surface area contributed by atoms with Gasteiger partial charge in [-0.1, -0.05) is 13.3 Å².